The highest BCUT2D eigenvalue weighted by atomic mass is 16.6. The van der Waals surface area contributed by atoms with Gasteiger partial charge in [-0.25, -0.2) is 9.59 Å². The summed E-state index contributed by atoms with van der Waals surface area (Å²) in [5, 5.41) is 18.9. The number of β-amino-alcohol motifs (C(OH)–C–C–N with tert-alkyl or cyclic N) is 2. The Labute approximate surface area is 179 Å². The molecule has 2 heterocycles. The van der Waals surface area contributed by atoms with Crippen LogP contribution in [0.25, 0.3) is 0 Å². The summed E-state index contributed by atoms with van der Waals surface area (Å²) in [6.45, 7) is 12.4. The number of rotatable bonds is 0. The second kappa shape index (κ2) is 10.6. The highest BCUT2D eigenvalue weighted by molar-refractivity contribution is 5.68. The molecule has 30 heavy (non-hydrogen) atoms. The molecular formula is C20H40N4O6. The van der Waals surface area contributed by atoms with E-state index in [0.717, 1.165) is 0 Å². The zero-order valence-corrected chi connectivity index (χ0v) is 19.1. The van der Waals surface area contributed by atoms with Gasteiger partial charge in [-0.05, 0) is 54.4 Å². The van der Waals surface area contributed by atoms with Crippen LogP contribution in [0, 0.1) is 0 Å². The Morgan fingerprint density at radius 2 is 1.03 bits per heavy atom. The van der Waals surface area contributed by atoms with Gasteiger partial charge in [0.15, 0.2) is 0 Å². The second-order valence-corrected chi connectivity index (χ2v) is 10.1. The SMILES string of the molecule is CC(C)(C)OC(=O)N1C[C@@H](N)C[C@@H](O)C1.CC(C)(C)OC(=O)N1C[C@H](N)C[C@H](O)C1. The lowest BCUT2D eigenvalue weighted by molar-refractivity contribution is 0.000109. The van der Waals surface area contributed by atoms with E-state index in [1.165, 1.54) is 9.80 Å². The zero-order chi connectivity index (χ0) is 23.3. The summed E-state index contributed by atoms with van der Waals surface area (Å²) < 4.78 is 10.4. The molecule has 2 amide bonds. The molecule has 6 N–H and O–H groups in total. The Morgan fingerprint density at radius 1 is 0.733 bits per heavy atom. The van der Waals surface area contributed by atoms with E-state index < -0.39 is 35.6 Å². The van der Waals surface area contributed by atoms with Crippen molar-refractivity contribution in [2.24, 2.45) is 11.5 Å². The molecule has 0 spiro atoms. The fourth-order valence-corrected chi connectivity index (χ4v) is 3.17. The minimum absolute atomic E-state index is 0.165. The van der Waals surface area contributed by atoms with Crippen LogP contribution in [-0.2, 0) is 9.47 Å². The van der Waals surface area contributed by atoms with Crippen molar-refractivity contribution >= 4 is 12.2 Å². The topological polar surface area (TPSA) is 152 Å². The van der Waals surface area contributed by atoms with Crippen LogP contribution in [0.3, 0.4) is 0 Å². The fraction of sp³-hybridized carbons (Fsp3) is 0.900. The molecule has 0 radical (unpaired) electrons. The molecule has 10 heteroatoms. The van der Waals surface area contributed by atoms with Crippen LogP contribution in [0.2, 0.25) is 0 Å². The number of nitrogens with two attached hydrogens (primary N) is 2. The fourth-order valence-electron chi connectivity index (χ4n) is 3.17. The van der Waals surface area contributed by atoms with Crippen molar-refractivity contribution < 1.29 is 29.3 Å². The number of piperidine rings is 2. The van der Waals surface area contributed by atoms with Crippen molar-refractivity contribution in [2.75, 3.05) is 26.2 Å². The highest BCUT2D eigenvalue weighted by Crippen LogP contribution is 2.16. The van der Waals surface area contributed by atoms with Gasteiger partial charge in [-0.15, -0.1) is 0 Å². The van der Waals surface area contributed by atoms with Crippen molar-refractivity contribution in [2.45, 2.75) is 89.9 Å². The molecule has 176 valence electrons. The third-order valence-electron chi connectivity index (χ3n) is 4.23. The maximum atomic E-state index is 11.6. The van der Waals surface area contributed by atoms with E-state index in [1.54, 1.807) is 0 Å². The van der Waals surface area contributed by atoms with Crippen LogP contribution in [-0.4, -0.2) is 93.9 Å². The number of carbonyl (C=O) groups is 2. The quantitative estimate of drug-likeness (QED) is 0.435. The Hall–Kier alpha value is -1.62. The van der Waals surface area contributed by atoms with Crippen LogP contribution >= 0.6 is 0 Å². The molecule has 0 aliphatic carbocycles. The molecule has 0 aromatic carbocycles. The van der Waals surface area contributed by atoms with E-state index in [1.807, 2.05) is 41.5 Å². The van der Waals surface area contributed by atoms with E-state index >= 15 is 0 Å². The Bertz CT molecular complexity index is 505. The van der Waals surface area contributed by atoms with Gasteiger partial charge in [-0.2, -0.15) is 0 Å². The lowest BCUT2D eigenvalue weighted by Gasteiger charge is -2.35. The number of amides is 2. The van der Waals surface area contributed by atoms with E-state index in [9.17, 15) is 19.8 Å². The van der Waals surface area contributed by atoms with Gasteiger partial charge >= 0.3 is 12.2 Å². The molecule has 2 aliphatic rings. The van der Waals surface area contributed by atoms with Crippen molar-refractivity contribution in [1.82, 2.24) is 9.80 Å². The first kappa shape index (κ1) is 26.4. The van der Waals surface area contributed by atoms with Gasteiger partial charge < -0.3 is 41.0 Å². The maximum Gasteiger partial charge on any atom is 0.410 e. The number of aliphatic hydroxyl groups excluding tert-OH is 2. The van der Waals surface area contributed by atoms with Gasteiger partial charge in [0.1, 0.15) is 11.2 Å². The summed E-state index contributed by atoms with van der Waals surface area (Å²) in [4.78, 5) is 26.2. The van der Waals surface area contributed by atoms with E-state index in [-0.39, 0.29) is 12.1 Å². The molecule has 10 nitrogen and oxygen atoms in total. The monoisotopic (exact) mass is 432 g/mol. The first-order chi connectivity index (χ1) is 13.6. The lowest BCUT2D eigenvalue weighted by atomic mass is 10.0. The second-order valence-electron chi connectivity index (χ2n) is 10.1. The molecular weight excluding hydrogens is 392 g/mol. The van der Waals surface area contributed by atoms with Crippen molar-refractivity contribution in [3.05, 3.63) is 0 Å². The van der Waals surface area contributed by atoms with Gasteiger partial charge in [0.25, 0.3) is 0 Å². The summed E-state index contributed by atoms with van der Waals surface area (Å²) in [5.41, 5.74) is 10.4. The van der Waals surface area contributed by atoms with Crippen molar-refractivity contribution in [3.63, 3.8) is 0 Å². The molecule has 0 saturated carbocycles. The smallest absolute Gasteiger partial charge is 0.410 e. The van der Waals surface area contributed by atoms with Crippen LogP contribution in [0.1, 0.15) is 54.4 Å². The van der Waals surface area contributed by atoms with E-state index in [0.29, 0.717) is 39.0 Å². The first-order valence-electron chi connectivity index (χ1n) is 10.4. The number of aliphatic hydroxyl groups is 2. The largest absolute Gasteiger partial charge is 0.444 e. The third-order valence-corrected chi connectivity index (χ3v) is 4.23. The Balaban J connectivity index is 0.000000300. The van der Waals surface area contributed by atoms with Crippen LogP contribution < -0.4 is 11.5 Å². The van der Waals surface area contributed by atoms with Gasteiger partial charge in [0, 0.05) is 25.2 Å². The van der Waals surface area contributed by atoms with Crippen molar-refractivity contribution in [3.8, 4) is 0 Å². The van der Waals surface area contributed by atoms with E-state index in [2.05, 4.69) is 0 Å². The lowest BCUT2D eigenvalue weighted by Crippen LogP contribution is -2.52. The predicted octanol–water partition coefficient (Wildman–Crippen LogP) is 0.631. The molecule has 2 saturated heterocycles. The summed E-state index contributed by atoms with van der Waals surface area (Å²) in [7, 11) is 0. The first-order valence-corrected chi connectivity index (χ1v) is 10.4. The van der Waals surface area contributed by atoms with E-state index in [4.69, 9.17) is 20.9 Å². The van der Waals surface area contributed by atoms with Gasteiger partial charge in [0.05, 0.1) is 25.3 Å². The number of nitrogens with zero attached hydrogens (tertiary/aromatic N) is 2. The number of likely N-dealkylation sites (tertiary alicyclic amines) is 2. The number of ether oxygens (including phenoxy) is 2. The molecule has 0 unspecified atom stereocenters. The predicted molar refractivity (Wildman–Crippen MR) is 113 cm³/mol. The highest BCUT2D eigenvalue weighted by Gasteiger charge is 2.31. The molecule has 2 fully saturated rings. The Morgan fingerprint density at radius 3 is 1.27 bits per heavy atom. The minimum Gasteiger partial charge on any atom is -0.444 e. The average molecular weight is 433 g/mol. The Kier molecular flexibility index (Phi) is 9.34. The minimum atomic E-state index is -0.540. The molecule has 0 aromatic heterocycles. The van der Waals surface area contributed by atoms with Gasteiger partial charge in [-0.3, -0.25) is 0 Å². The van der Waals surface area contributed by atoms with Gasteiger partial charge in [-0.1, -0.05) is 0 Å². The van der Waals surface area contributed by atoms with Crippen LogP contribution in [0.5, 0.6) is 0 Å². The maximum absolute atomic E-state index is 11.6. The summed E-state index contributed by atoms with van der Waals surface area (Å²) in [6, 6.07) is -0.331. The summed E-state index contributed by atoms with van der Waals surface area (Å²) in [6.07, 6.45) is -0.811. The summed E-state index contributed by atoms with van der Waals surface area (Å²) >= 11 is 0. The molecule has 2 rings (SSSR count). The number of carbonyl (C=O) groups excluding carboxylic acids is 2. The molecule has 2 aliphatic heterocycles. The van der Waals surface area contributed by atoms with Gasteiger partial charge in [0.2, 0.25) is 0 Å². The standard InChI is InChI=1S/2C10H20N2O3/c2*1-10(2,3)15-9(14)12-5-7(11)4-8(13)6-12/h2*7-8,13H,4-6,11H2,1-3H3/t2*7-,8+/m10/s1. The molecule has 0 aromatic rings. The zero-order valence-electron chi connectivity index (χ0n) is 19.1. The summed E-state index contributed by atoms with van der Waals surface area (Å²) in [5.74, 6) is 0. The molecule has 4 atom stereocenters. The van der Waals surface area contributed by atoms with Crippen LogP contribution in [0.15, 0.2) is 0 Å². The average Bonchev–Trinajstić information content (AvgIpc) is 2.50. The molecule has 0 bridgehead atoms. The normalized spacial score (nSPS) is 27.7. The van der Waals surface area contributed by atoms with Crippen molar-refractivity contribution in [1.29, 1.82) is 0 Å². The third kappa shape index (κ3) is 10.4. The van der Waals surface area contributed by atoms with Crippen LogP contribution in [0.4, 0.5) is 9.59 Å². The number of hydrogen-bond acceptors (Lipinski definition) is 8. The number of hydrogen-bond donors (Lipinski definition) is 4.